The number of thioether (sulfide) groups is 1. The second-order valence-corrected chi connectivity index (χ2v) is 10.3. The van der Waals surface area contributed by atoms with Gasteiger partial charge in [0.2, 0.25) is 5.91 Å². The summed E-state index contributed by atoms with van der Waals surface area (Å²) in [7, 11) is 0. The standard InChI is InChI=1S/C26H28N2O5S/c29-24(28-11-12-34-15-23(28)25(30)31)22(13-16-9-10-16)27-26(32)33-14-21-19-7-3-1-5-17(19)18-6-2-4-8-20(18)21/h1-8,16,21-23H,9-15H2,(H,27,32)(H,30,31). The van der Waals surface area contributed by atoms with E-state index >= 15 is 0 Å². The van der Waals surface area contributed by atoms with Crippen LogP contribution in [0.3, 0.4) is 0 Å². The third-order valence-corrected chi connectivity index (χ3v) is 7.92. The fourth-order valence-corrected chi connectivity index (χ4v) is 6.00. The summed E-state index contributed by atoms with van der Waals surface area (Å²) in [6.45, 7) is 0.538. The van der Waals surface area contributed by atoms with Crippen LogP contribution >= 0.6 is 11.8 Å². The van der Waals surface area contributed by atoms with Crippen molar-refractivity contribution in [2.45, 2.75) is 37.3 Å². The predicted molar refractivity (Wildman–Crippen MR) is 130 cm³/mol. The summed E-state index contributed by atoms with van der Waals surface area (Å²) in [5, 5.41) is 12.3. The molecule has 0 spiro atoms. The molecular formula is C26H28N2O5S. The van der Waals surface area contributed by atoms with Crippen LogP contribution in [0.1, 0.15) is 36.3 Å². The molecule has 2 aromatic rings. The van der Waals surface area contributed by atoms with E-state index in [1.54, 1.807) is 0 Å². The van der Waals surface area contributed by atoms with Crippen LogP contribution in [-0.4, -0.2) is 64.7 Å². The number of hydrogen-bond acceptors (Lipinski definition) is 5. The molecule has 8 heteroatoms. The number of benzene rings is 2. The number of amides is 2. The van der Waals surface area contributed by atoms with Crippen LogP contribution in [-0.2, 0) is 14.3 Å². The number of carbonyl (C=O) groups excluding carboxylic acids is 2. The van der Waals surface area contributed by atoms with Gasteiger partial charge in [0.1, 0.15) is 18.7 Å². The minimum Gasteiger partial charge on any atom is -0.480 e. The van der Waals surface area contributed by atoms with Crippen LogP contribution in [0.4, 0.5) is 4.79 Å². The normalized spacial score (nSPS) is 20.2. The Morgan fingerprint density at radius 1 is 1.06 bits per heavy atom. The molecule has 1 saturated heterocycles. The molecule has 2 unspecified atom stereocenters. The molecule has 1 aliphatic heterocycles. The minimum atomic E-state index is -1.01. The number of ether oxygens (including phenoxy) is 1. The molecule has 7 nitrogen and oxygen atoms in total. The van der Waals surface area contributed by atoms with Gasteiger partial charge in [0.15, 0.2) is 0 Å². The summed E-state index contributed by atoms with van der Waals surface area (Å²) < 4.78 is 5.64. The summed E-state index contributed by atoms with van der Waals surface area (Å²) in [5.74, 6) is 0.0372. The van der Waals surface area contributed by atoms with E-state index in [-0.39, 0.29) is 18.4 Å². The lowest BCUT2D eigenvalue weighted by molar-refractivity contribution is -0.150. The van der Waals surface area contributed by atoms with Gasteiger partial charge >= 0.3 is 12.1 Å². The Bertz CT molecular complexity index is 1060. The second-order valence-electron chi connectivity index (χ2n) is 9.16. The molecule has 3 aliphatic rings. The van der Waals surface area contributed by atoms with Gasteiger partial charge in [-0.15, -0.1) is 0 Å². The number of carbonyl (C=O) groups is 3. The lowest BCUT2D eigenvalue weighted by Gasteiger charge is -2.35. The first-order valence-corrected chi connectivity index (χ1v) is 12.9. The van der Waals surface area contributed by atoms with Gasteiger partial charge in [-0.05, 0) is 34.6 Å². The number of alkyl carbamates (subject to hydrolysis) is 1. The Kier molecular flexibility index (Phi) is 6.50. The van der Waals surface area contributed by atoms with Crippen LogP contribution in [0.25, 0.3) is 11.1 Å². The molecule has 178 valence electrons. The highest BCUT2D eigenvalue weighted by Crippen LogP contribution is 2.44. The van der Waals surface area contributed by atoms with Gasteiger partial charge in [-0.25, -0.2) is 9.59 Å². The molecular weight excluding hydrogens is 452 g/mol. The molecule has 2 N–H and O–H groups in total. The molecule has 2 amide bonds. The Morgan fingerprint density at radius 2 is 1.71 bits per heavy atom. The maximum Gasteiger partial charge on any atom is 0.407 e. The highest BCUT2D eigenvalue weighted by atomic mass is 32.2. The van der Waals surface area contributed by atoms with Crippen LogP contribution in [0.15, 0.2) is 48.5 Å². The third-order valence-electron chi connectivity index (χ3n) is 6.90. The smallest absolute Gasteiger partial charge is 0.407 e. The fraction of sp³-hybridized carbons (Fsp3) is 0.423. The molecule has 34 heavy (non-hydrogen) atoms. The van der Waals surface area contributed by atoms with Crippen molar-refractivity contribution in [2.75, 3.05) is 24.7 Å². The van der Waals surface area contributed by atoms with Crippen molar-refractivity contribution < 1.29 is 24.2 Å². The Hall–Kier alpha value is -3.00. The maximum absolute atomic E-state index is 13.3. The van der Waals surface area contributed by atoms with Crippen molar-refractivity contribution in [1.82, 2.24) is 10.2 Å². The quantitative estimate of drug-likeness (QED) is 0.627. The van der Waals surface area contributed by atoms with E-state index in [4.69, 9.17) is 4.74 Å². The fourth-order valence-electron chi connectivity index (χ4n) is 4.96. The Labute approximate surface area is 202 Å². The monoisotopic (exact) mass is 480 g/mol. The first-order chi connectivity index (χ1) is 16.5. The van der Waals surface area contributed by atoms with Gasteiger partial charge in [-0.2, -0.15) is 11.8 Å². The highest BCUT2D eigenvalue weighted by Gasteiger charge is 2.39. The predicted octanol–water partition coefficient (Wildman–Crippen LogP) is 3.72. The Morgan fingerprint density at radius 3 is 2.32 bits per heavy atom. The number of carboxylic acids is 1. The zero-order valence-electron chi connectivity index (χ0n) is 18.8. The van der Waals surface area contributed by atoms with Crippen molar-refractivity contribution in [2.24, 2.45) is 5.92 Å². The molecule has 2 aromatic carbocycles. The van der Waals surface area contributed by atoms with Crippen molar-refractivity contribution in [3.05, 3.63) is 59.7 Å². The van der Waals surface area contributed by atoms with Gasteiger partial charge in [-0.1, -0.05) is 61.4 Å². The molecule has 2 atom stereocenters. The van der Waals surface area contributed by atoms with Crippen LogP contribution in [0.5, 0.6) is 0 Å². The van der Waals surface area contributed by atoms with Gasteiger partial charge in [0.25, 0.3) is 0 Å². The summed E-state index contributed by atoms with van der Waals surface area (Å²) in [4.78, 5) is 39.2. The molecule has 5 rings (SSSR count). The van der Waals surface area contributed by atoms with Gasteiger partial charge in [0.05, 0.1) is 0 Å². The largest absolute Gasteiger partial charge is 0.480 e. The number of carboxylic acid groups (broad SMARTS) is 1. The number of nitrogens with zero attached hydrogens (tertiary/aromatic N) is 1. The van der Waals surface area contributed by atoms with Gasteiger partial charge < -0.3 is 20.1 Å². The van der Waals surface area contributed by atoms with E-state index in [0.29, 0.717) is 30.4 Å². The van der Waals surface area contributed by atoms with Crippen LogP contribution in [0.2, 0.25) is 0 Å². The summed E-state index contributed by atoms with van der Waals surface area (Å²) >= 11 is 1.53. The molecule has 1 saturated carbocycles. The summed E-state index contributed by atoms with van der Waals surface area (Å²) in [6, 6.07) is 14.6. The van der Waals surface area contributed by atoms with Crippen molar-refractivity contribution in [3.63, 3.8) is 0 Å². The second kappa shape index (κ2) is 9.70. The maximum atomic E-state index is 13.3. The minimum absolute atomic E-state index is 0.0637. The first-order valence-electron chi connectivity index (χ1n) is 11.8. The van der Waals surface area contributed by atoms with Crippen LogP contribution in [0, 0.1) is 5.92 Å². The van der Waals surface area contributed by atoms with E-state index in [1.165, 1.54) is 16.7 Å². The average Bonchev–Trinajstić information content (AvgIpc) is 3.62. The molecule has 1 heterocycles. The Balaban J connectivity index is 1.27. The van der Waals surface area contributed by atoms with E-state index in [2.05, 4.69) is 29.6 Å². The zero-order chi connectivity index (χ0) is 23.7. The number of aliphatic carboxylic acids is 1. The first kappa shape index (κ1) is 22.8. The van der Waals surface area contributed by atoms with Crippen molar-refractivity contribution >= 4 is 29.7 Å². The van der Waals surface area contributed by atoms with Gasteiger partial charge in [-0.3, -0.25) is 4.79 Å². The summed E-state index contributed by atoms with van der Waals surface area (Å²) in [6.07, 6.45) is 1.92. The van der Waals surface area contributed by atoms with Crippen LogP contribution < -0.4 is 5.32 Å². The van der Waals surface area contributed by atoms with E-state index in [0.717, 1.165) is 35.1 Å². The van der Waals surface area contributed by atoms with Crippen molar-refractivity contribution in [1.29, 1.82) is 0 Å². The molecule has 2 fully saturated rings. The molecule has 2 aliphatic carbocycles. The highest BCUT2D eigenvalue weighted by molar-refractivity contribution is 7.99. The lowest BCUT2D eigenvalue weighted by Crippen LogP contribution is -2.57. The average molecular weight is 481 g/mol. The van der Waals surface area contributed by atoms with Crippen molar-refractivity contribution in [3.8, 4) is 11.1 Å². The SMILES string of the molecule is O=C(NC(CC1CC1)C(=O)N1CCSCC1C(=O)O)OCC1c2ccccc2-c2ccccc21. The van der Waals surface area contributed by atoms with Gasteiger partial charge in [0, 0.05) is 24.0 Å². The third kappa shape index (κ3) is 4.64. The number of hydrogen-bond donors (Lipinski definition) is 2. The van der Waals surface area contributed by atoms with E-state index in [1.807, 2.05) is 24.3 Å². The number of rotatable bonds is 7. The lowest BCUT2D eigenvalue weighted by atomic mass is 9.98. The molecule has 0 radical (unpaired) electrons. The van der Waals surface area contributed by atoms with E-state index < -0.39 is 24.1 Å². The summed E-state index contributed by atoms with van der Waals surface area (Å²) in [5.41, 5.74) is 4.54. The number of nitrogens with one attached hydrogen (secondary N) is 1. The molecule has 0 aromatic heterocycles. The molecule has 0 bridgehead atoms. The van der Waals surface area contributed by atoms with E-state index in [9.17, 15) is 19.5 Å². The number of fused-ring (bicyclic) bond motifs is 3. The topological polar surface area (TPSA) is 95.9 Å². The zero-order valence-corrected chi connectivity index (χ0v) is 19.6.